The standard InChI is InChI=1S/C15H15BrO2/c1-18-15-8-3-2-7-13(15)14(17)10-11-5-4-6-12(16)9-11/h2-9,14,17H,10H2,1H3. The second-order valence-corrected chi connectivity index (χ2v) is 5.01. The van der Waals surface area contributed by atoms with Gasteiger partial charge >= 0.3 is 0 Å². The summed E-state index contributed by atoms with van der Waals surface area (Å²) in [5.41, 5.74) is 1.91. The third kappa shape index (κ3) is 3.12. The second-order valence-electron chi connectivity index (χ2n) is 4.09. The number of rotatable bonds is 4. The summed E-state index contributed by atoms with van der Waals surface area (Å²) >= 11 is 3.43. The molecular formula is C15H15BrO2. The lowest BCUT2D eigenvalue weighted by molar-refractivity contribution is 0.174. The fourth-order valence-electron chi connectivity index (χ4n) is 1.94. The summed E-state index contributed by atoms with van der Waals surface area (Å²) in [5, 5.41) is 10.3. The van der Waals surface area contributed by atoms with Crippen molar-refractivity contribution >= 4 is 15.9 Å². The Labute approximate surface area is 115 Å². The quantitative estimate of drug-likeness (QED) is 0.932. The van der Waals surface area contributed by atoms with Crippen molar-refractivity contribution in [2.75, 3.05) is 7.11 Å². The van der Waals surface area contributed by atoms with Gasteiger partial charge in [0.05, 0.1) is 13.2 Å². The minimum absolute atomic E-state index is 0.560. The van der Waals surface area contributed by atoms with Crippen LogP contribution in [0.1, 0.15) is 17.2 Å². The molecule has 0 saturated carbocycles. The van der Waals surface area contributed by atoms with Crippen LogP contribution < -0.4 is 4.74 Å². The Morgan fingerprint density at radius 3 is 2.67 bits per heavy atom. The molecule has 94 valence electrons. The molecule has 2 aromatic carbocycles. The van der Waals surface area contributed by atoms with Crippen LogP contribution in [-0.2, 0) is 6.42 Å². The van der Waals surface area contributed by atoms with Gasteiger partial charge in [-0.15, -0.1) is 0 Å². The van der Waals surface area contributed by atoms with Gasteiger partial charge in [0.1, 0.15) is 5.75 Å². The molecule has 0 aromatic heterocycles. The predicted octanol–water partition coefficient (Wildman–Crippen LogP) is 3.73. The zero-order valence-corrected chi connectivity index (χ0v) is 11.7. The van der Waals surface area contributed by atoms with E-state index in [-0.39, 0.29) is 0 Å². The van der Waals surface area contributed by atoms with Crippen molar-refractivity contribution in [3.63, 3.8) is 0 Å². The molecule has 1 unspecified atom stereocenters. The molecule has 1 N–H and O–H groups in total. The van der Waals surface area contributed by atoms with E-state index in [2.05, 4.69) is 15.9 Å². The van der Waals surface area contributed by atoms with Gasteiger partial charge in [-0.1, -0.05) is 46.3 Å². The molecule has 18 heavy (non-hydrogen) atoms. The van der Waals surface area contributed by atoms with Crippen LogP contribution in [0.3, 0.4) is 0 Å². The maximum atomic E-state index is 10.3. The molecule has 0 saturated heterocycles. The highest BCUT2D eigenvalue weighted by molar-refractivity contribution is 9.10. The average Bonchev–Trinajstić information content (AvgIpc) is 2.38. The van der Waals surface area contributed by atoms with Gasteiger partial charge < -0.3 is 9.84 Å². The zero-order chi connectivity index (χ0) is 13.0. The van der Waals surface area contributed by atoms with Crippen LogP contribution in [0.25, 0.3) is 0 Å². The Morgan fingerprint density at radius 2 is 1.94 bits per heavy atom. The maximum Gasteiger partial charge on any atom is 0.124 e. The summed E-state index contributed by atoms with van der Waals surface area (Å²) in [4.78, 5) is 0. The van der Waals surface area contributed by atoms with Crippen LogP contribution in [-0.4, -0.2) is 12.2 Å². The van der Waals surface area contributed by atoms with Crippen molar-refractivity contribution in [3.8, 4) is 5.75 Å². The van der Waals surface area contributed by atoms with Crippen LogP contribution in [0, 0.1) is 0 Å². The van der Waals surface area contributed by atoms with Crippen molar-refractivity contribution < 1.29 is 9.84 Å². The molecule has 0 spiro atoms. The SMILES string of the molecule is COc1ccccc1C(O)Cc1cccc(Br)c1. The van der Waals surface area contributed by atoms with Crippen LogP contribution >= 0.6 is 15.9 Å². The topological polar surface area (TPSA) is 29.5 Å². The summed E-state index contributed by atoms with van der Waals surface area (Å²) in [6.45, 7) is 0. The highest BCUT2D eigenvalue weighted by Crippen LogP contribution is 2.27. The van der Waals surface area contributed by atoms with Crippen molar-refractivity contribution in [1.82, 2.24) is 0 Å². The highest BCUT2D eigenvalue weighted by atomic mass is 79.9. The summed E-state index contributed by atoms with van der Waals surface area (Å²) in [5.74, 6) is 0.722. The first-order chi connectivity index (χ1) is 8.70. The number of methoxy groups -OCH3 is 1. The number of hydrogen-bond donors (Lipinski definition) is 1. The molecule has 0 aliphatic heterocycles. The third-order valence-corrected chi connectivity index (χ3v) is 3.31. The van der Waals surface area contributed by atoms with E-state index in [0.717, 1.165) is 21.3 Å². The maximum absolute atomic E-state index is 10.3. The van der Waals surface area contributed by atoms with Crippen molar-refractivity contribution in [2.45, 2.75) is 12.5 Å². The first kappa shape index (κ1) is 13.1. The molecule has 3 heteroatoms. The highest BCUT2D eigenvalue weighted by Gasteiger charge is 2.13. The lowest BCUT2D eigenvalue weighted by Crippen LogP contribution is -2.04. The van der Waals surface area contributed by atoms with E-state index >= 15 is 0 Å². The lowest BCUT2D eigenvalue weighted by Gasteiger charge is -2.14. The fraction of sp³-hybridized carbons (Fsp3) is 0.200. The van der Waals surface area contributed by atoms with Crippen molar-refractivity contribution in [3.05, 3.63) is 64.1 Å². The normalized spacial score (nSPS) is 12.2. The van der Waals surface area contributed by atoms with Gasteiger partial charge in [0.15, 0.2) is 0 Å². The summed E-state index contributed by atoms with van der Waals surface area (Å²) in [6.07, 6.45) is 0.00949. The Hall–Kier alpha value is -1.32. The van der Waals surface area contributed by atoms with Gasteiger partial charge in [-0.2, -0.15) is 0 Å². The Morgan fingerprint density at radius 1 is 1.17 bits per heavy atom. The molecular weight excluding hydrogens is 292 g/mol. The van der Waals surface area contributed by atoms with E-state index in [4.69, 9.17) is 4.74 Å². The number of aliphatic hydroxyl groups excluding tert-OH is 1. The summed E-state index contributed by atoms with van der Waals surface area (Å²) < 4.78 is 6.28. The van der Waals surface area contributed by atoms with E-state index in [1.54, 1.807) is 7.11 Å². The Balaban J connectivity index is 2.19. The molecule has 0 heterocycles. The van der Waals surface area contributed by atoms with Crippen LogP contribution in [0.4, 0.5) is 0 Å². The van der Waals surface area contributed by atoms with Crippen LogP contribution in [0.2, 0.25) is 0 Å². The molecule has 2 rings (SSSR count). The van der Waals surface area contributed by atoms with Gasteiger partial charge in [0, 0.05) is 16.5 Å². The first-order valence-corrected chi connectivity index (χ1v) is 6.55. The smallest absolute Gasteiger partial charge is 0.124 e. The number of ether oxygens (including phenoxy) is 1. The Kier molecular flexibility index (Phi) is 4.39. The summed E-state index contributed by atoms with van der Waals surface area (Å²) in [7, 11) is 1.62. The van der Waals surface area contributed by atoms with Crippen LogP contribution in [0.5, 0.6) is 5.75 Å². The Bertz CT molecular complexity index is 525. The molecule has 0 fully saturated rings. The van der Waals surface area contributed by atoms with Gasteiger partial charge in [-0.25, -0.2) is 0 Å². The van der Waals surface area contributed by atoms with E-state index in [1.165, 1.54) is 0 Å². The largest absolute Gasteiger partial charge is 0.496 e. The molecule has 0 radical (unpaired) electrons. The van der Waals surface area contributed by atoms with Gasteiger partial charge in [0.2, 0.25) is 0 Å². The van der Waals surface area contributed by atoms with Crippen molar-refractivity contribution in [2.24, 2.45) is 0 Å². The number of halogens is 1. The average molecular weight is 307 g/mol. The minimum atomic E-state index is -0.560. The van der Waals surface area contributed by atoms with Crippen LogP contribution in [0.15, 0.2) is 53.0 Å². The number of hydrogen-bond acceptors (Lipinski definition) is 2. The second kappa shape index (κ2) is 6.03. The van der Waals surface area contributed by atoms with E-state index in [1.807, 2.05) is 48.5 Å². The first-order valence-electron chi connectivity index (χ1n) is 5.76. The van der Waals surface area contributed by atoms with Gasteiger partial charge in [-0.3, -0.25) is 0 Å². The zero-order valence-electron chi connectivity index (χ0n) is 10.1. The molecule has 2 nitrogen and oxygen atoms in total. The molecule has 0 aliphatic carbocycles. The number of para-hydroxylation sites is 1. The molecule has 0 bridgehead atoms. The molecule has 0 amide bonds. The monoisotopic (exact) mass is 306 g/mol. The minimum Gasteiger partial charge on any atom is -0.496 e. The van der Waals surface area contributed by atoms with E-state index in [0.29, 0.717) is 6.42 Å². The van der Waals surface area contributed by atoms with Gasteiger partial charge in [-0.05, 0) is 23.8 Å². The fourth-order valence-corrected chi connectivity index (χ4v) is 2.39. The third-order valence-electron chi connectivity index (χ3n) is 2.82. The number of aliphatic hydroxyl groups is 1. The van der Waals surface area contributed by atoms with Gasteiger partial charge in [0.25, 0.3) is 0 Å². The lowest BCUT2D eigenvalue weighted by atomic mass is 10.0. The van der Waals surface area contributed by atoms with E-state index in [9.17, 15) is 5.11 Å². The molecule has 2 aromatic rings. The van der Waals surface area contributed by atoms with Crippen molar-refractivity contribution in [1.29, 1.82) is 0 Å². The molecule has 0 aliphatic rings. The van der Waals surface area contributed by atoms with E-state index < -0.39 is 6.10 Å². The summed E-state index contributed by atoms with van der Waals surface area (Å²) in [6, 6.07) is 15.5. The number of benzene rings is 2. The molecule has 1 atom stereocenters. The predicted molar refractivity (Wildman–Crippen MR) is 75.8 cm³/mol.